The molecule has 0 radical (unpaired) electrons. The first-order valence-electron chi connectivity index (χ1n) is 4.22. The van der Waals surface area contributed by atoms with E-state index in [2.05, 4.69) is 9.98 Å². The van der Waals surface area contributed by atoms with Crippen LogP contribution in [0.1, 0.15) is 5.01 Å². The molecule has 0 bridgehead atoms. The van der Waals surface area contributed by atoms with Crippen molar-refractivity contribution >= 4 is 33.6 Å². The molecule has 0 aliphatic carbocycles. The summed E-state index contributed by atoms with van der Waals surface area (Å²) in [4.78, 5) is 8.49. The third kappa shape index (κ3) is 1.75. The van der Waals surface area contributed by atoms with Crippen molar-refractivity contribution in [3.05, 3.63) is 23.2 Å². The van der Waals surface area contributed by atoms with Crippen LogP contribution in [-0.2, 0) is 4.74 Å². The minimum Gasteiger partial charge on any atom is -0.486 e. The lowest BCUT2D eigenvalue weighted by Gasteiger charge is -1.92. The van der Waals surface area contributed by atoms with Gasteiger partial charge in [-0.3, -0.25) is 0 Å². The Kier molecular flexibility index (Phi) is 2.45. The van der Waals surface area contributed by atoms with E-state index in [0.717, 1.165) is 16.2 Å². The molecule has 72 valence electrons. The third-order valence-corrected chi connectivity index (χ3v) is 2.74. The number of aryl methyl sites for hydroxylation is 1. The van der Waals surface area contributed by atoms with Crippen LogP contribution in [0.2, 0.25) is 0 Å². The first-order chi connectivity index (χ1) is 6.79. The Morgan fingerprint density at radius 3 is 3.14 bits per heavy atom. The van der Waals surface area contributed by atoms with Crippen molar-refractivity contribution in [2.45, 2.75) is 6.92 Å². The highest BCUT2D eigenvalue weighted by Crippen LogP contribution is 2.25. The molecule has 2 rings (SSSR count). The predicted molar refractivity (Wildman–Crippen MR) is 59.5 cm³/mol. The molecular formula is C10H10N2OS. The number of rotatable bonds is 2. The lowest BCUT2D eigenvalue weighted by atomic mass is 10.3. The molecule has 0 saturated carbocycles. The zero-order valence-corrected chi connectivity index (χ0v) is 8.84. The standard InChI is InChI=1S/C10H10N2OS/c1-7-12-9-5-8(11-6-13-2)3-4-10(9)14-7/h3-6H,1-2H3. The predicted octanol–water partition coefficient (Wildman–Crippen LogP) is 2.91. The van der Waals surface area contributed by atoms with Gasteiger partial charge in [-0.25, -0.2) is 9.98 Å². The highest BCUT2D eigenvalue weighted by atomic mass is 32.1. The van der Waals surface area contributed by atoms with Gasteiger partial charge in [0.15, 0.2) is 6.40 Å². The lowest BCUT2D eigenvalue weighted by Crippen LogP contribution is -1.75. The molecule has 0 amide bonds. The van der Waals surface area contributed by atoms with Gasteiger partial charge < -0.3 is 4.74 Å². The molecule has 14 heavy (non-hydrogen) atoms. The van der Waals surface area contributed by atoms with Gasteiger partial charge in [0.2, 0.25) is 0 Å². The fourth-order valence-electron chi connectivity index (χ4n) is 1.22. The number of thiazole rings is 1. The summed E-state index contributed by atoms with van der Waals surface area (Å²) in [6.45, 7) is 2.00. The first-order valence-corrected chi connectivity index (χ1v) is 5.04. The van der Waals surface area contributed by atoms with Gasteiger partial charge in [0.1, 0.15) is 0 Å². The number of hydrogen-bond acceptors (Lipinski definition) is 4. The molecule has 0 fully saturated rings. The molecule has 1 heterocycles. The van der Waals surface area contributed by atoms with Gasteiger partial charge in [-0.05, 0) is 25.1 Å². The minimum absolute atomic E-state index is 0.865. The molecule has 0 aliphatic heterocycles. The SMILES string of the molecule is COC=Nc1ccc2sc(C)nc2c1. The van der Waals surface area contributed by atoms with Gasteiger partial charge >= 0.3 is 0 Å². The average molecular weight is 206 g/mol. The number of hydrogen-bond donors (Lipinski definition) is 0. The number of nitrogens with zero attached hydrogens (tertiary/aromatic N) is 2. The summed E-state index contributed by atoms with van der Waals surface area (Å²) in [7, 11) is 1.58. The Labute approximate surface area is 86.1 Å². The van der Waals surface area contributed by atoms with Crippen molar-refractivity contribution in [3.63, 3.8) is 0 Å². The highest BCUT2D eigenvalue weighted by Gasteiger charge is 2.00. The molecule has 0 aliphatic rings. The number of methoxy groups -OCH3 is 1. The normalized spacial score (nSPS) is 11.3. The molecule has 0 N–H and O–H groups in total. The van der Waals surface area contributed by atoms with E-state index >= 15 is 0 Å². The molecule has 4 heteroatoms. The van der Waals surface area contributed by atoms with Crippen molar-refractivity contribution in [1.29, 1.82) is 0 Å². The van der Waals surface area contributed by atoms with E-state index in [0.29, 0.717) is 0 Å². The van der Waals surface area contributed by atoms with E-state index in [1.54, 1.807) is 18.4 Å². The molecule has 3 nitrogen and oxygen atoms in total. The van der Waals surface area contributed by atoms with E-state index in [4.69, 9.17) is 4.74 Å². The summed E-state index contributed by atoms with van der Waals surface area (Å²) in [6.07, 6.45) is 1.42. The minimum atomic E-state index is 0.865. The van der Waals surface area contributed by atoms with Crippen LogP contribution in [0.3, 0.4) is 0 Å². The van der Waals surface area contributed by atoms with Gasteiger partial charge in [-0.1, -0.05) is 0 Å². The number of aromatic nitrogens is 1. The van der Waals surface area contributed by atoms with Gasteiger partial charge in [-0.2, -0.15) is 0 Å². The quantitative estimate of drug-likeness (QED) is 0.559. The Hall–Kier alpha value is -1.42. The fourth-order valence-corrected chi connectivity index (χ4v) is 2.03. The van der Waals surface area contributed by atoms with Crippen molar-refractivity contribution in [1.82, 2.24) is 4.98 Å². The van der Waals surface area contributed by atoms with E-state index in [1.807, 2.05) is 25.1 Å². The zero-order chi connectivity index (χ0) is 9.97. The summed E-state index contributed by atoms with van der Waals surface area (Å²) < 4.78 is 5.95. The van der Waals surface area contributed by atoms with E-state index in [1.165, 1.54) is 11.1 Å². The summed E-state index contributed by atoms with van der Waals surface area (Å²) in [6, 6.07) is 5.94. The largest absolute Gasteiger partial charge is 0.486 e. The smallest absolute Gasteiger partial charge is 0.174 e. The second kappa shape index (κ2) is 3.75. The van der Waals surface area contributed by atoms with Crippen LogP contribution in [0.25, 0.3) is 10.2 Å². The van der Waals surface area contributed by atoms with Gasteiger partial charge in [-0.15, -0.1) is 11.3 Å². The van der Waals surface area contributed by atoms with E-state index in [-0.39, 0.29) is 0 Å². The fraction of sp³-hybridized carbons (Fsp3) is 0.200. The van der Waals surface area contributed by atoms with Crippen molar-refractivity contribution in [2.75, 3.05) is 7.11 Å². The van der Waals surface area contributed by atoms with Crippen molar-refractivity contribution < 1.29 is 4.74 Å². The average Bonchev–Trinajstić information content (AvgIpc) is 2.54. The maximum absolute atomic E-state index is 4.75. The Balaban J connectivity index is 2.45. The second-order valence-corrected chi connectivity index (χ2v) is 4.09. The van der Waals surface area contributed by atoms with Crippen LogP contribution in [0.15, 0.2) is 23.2 Å². The molecule has 2 aromatic rings. The summed E-state index contributed by atoms with van der Waals surface area (Å²) in [5, 5.41) is 1.08. The van der Waals surface area contributed by atoms with E-state index < -0.39 is 0 Å². The summed E-state index contributed by atoms with van der Waals surface area (Å²) in [5.41, 5.74) is 1.86. The van der Waals surface area contributed by atoms with Crippen molar-refractivity contribution in [3.8, 4) is 0 Å². The Morgan fingerprint density at radius 2 is 2.36 bits per heavy atom. The van der Waals surface area contributed by atoms with Crippen molar-refractivity contribution in [2.24, 2.45) is 4.99 Å². The van der Waals surface area contributed by atoms with Crippen LogP contribution in [-0.4, -0.2) is 18.5 Å². The Morgan fingerprint density at radius 1 is 1.50 bits per heavy atom. The maximum Gasteiger partial charge on any atom is 0.174 e. The summed E-state index contributed by atoms with van der Waals surface area (Å²) in [5.74, 6) is 0. The topological polar surface area (TPSA) is 34.5 Å². The van der Waals surface area contributed by atoms with Crippen LogP contribution < -0.4 is 0 Å². The van der Waals surface area contributed by atoms with Crippen LogP contribution >= 0.6 is 11.3 Å². The second-order valence-electron chi connectivity index (χ2n) is 2.86. The van der Waals surface area contributed by atoms with Crippen LogP contribution in [0, 0.1) is 6.92 Å². The highest BCUT2D eigenvalue weighted by molar-refractivity contribution is 7.18. The van der Waals surface area contributed by atoms with Crippen LogP contribution in [0.5, 0.6) is 0 Å². The van der Waals surface area contributed by atoms with Crippen LogP contribution in [0.4, 0.5) is 5.69 Å². The molecule has 1 aromatic heterocycles. The monoisotopic (exact) mass is 206 g/mol. The molecule has 0 atom stereocenters. The number of ether oxygens (including phenoxy) is 1. The number of fused-ring (bicyclic) bond motifs is 1. The Bertz CT molecular complexity index is 476. The molecule has 0 saturated heterocycles. The van der Waals surface area contributed by atoms with Gasteiger partial charge in [0.05, 0.1) is 28.0 Å². The zero-order valence-electron chi connectivity index (χ0n) is 8.02. The summed E-state index contributed by atoms with van der Waals surface area (Å²) >= 11 is 1.69. The maximum atomic E-state index is 4.75. The number of aliphatic imine (C=N–C) groups is 1. The van der Waals surface area contributed by atoms with Gasteiger partial charge in [0, 0.05) is 0 Å². The molecule has 1 aromatic carbocycles. The number of benzene rings is 1. The molecular weight excluding hydrogens is 196 g/mol. The third-order valence-electron chi connectivity index (χ3n) is 1.79. The molecule has 0 spiro atoms. The van der Waals surface area contributed by atoms with E-state index in [9.17, 15) is 0 Å². The first kappa shape index (κ1) is 9.15. The lowest BCUT2D eigenvalue weighted by molar-refractivity contribution is 0.423. The molecule has 0 unspecified atom stereocenters. The van der Waals surface area contributed by atoms with Gasteiger partial charge in [0.25, 0.3) is 0 Å².